The number of hydrogen-bond donors (Lipinski definition) is 1. The number of esters is 1. The smallest absolute Gasteiger partial charge is 0.313 e. The lowest BCUT2D eigenvalue weighted by molar-refractivity contribution is -0.160. The first kappa shape index (κ1) is 21.5. The van der Waals surface area contributed by atoms with Crippen LogP contribution < -0.4 is 10.2 Å². The summed E-state index contributed by atoms with van der Waals surface area (Å²) >= 11 is 0. The molecule has 1 fully saturated rings. The van der Waals surface area contributed by atoms with Crippen molar-refractivity contribution in [2.75, 3.05) is 11.4 Å². The quantitative estimate of drug-likeness (QED) is 0.640. The van der Waals surface area contributed by atoms with Gasteiger partial charge in [0.1, 0.15) is 17.6 Å². The van der Waals surface area contributed by atoms with Crippen LogP contribution in [0.25, 0.3) is 10.9 Å². The Labute approximate surface area is 186 Å². The Bertz CT molecular complexity index is 1170. The molecule has 2 amide bonds. The Balaban J connectivity index is 1.62. The molecule has 0 spiro atoms. The Morgan fingerprint density at radius 2 is 1.75 bits per heavy atom. The van der Waals surface area contributed by atoms with Gasteiger partial charge in [0.05, 0.1) is 11.1 Å². The minimum absolute atomic E-state index is 0.124. The van der Waals surface area contributed by atoms with E-state index in [1.165, 1.54) is 11.1 Å². The number of rotatable bonds is 4. The number of anilines is 1. The van der Waals surface area contributed by atoms with Gasteiger partial charge >= 0.3 is 5.97 Å². The van der Waals surface area contributed by atoms with Crippen molar-refractivity contribution in [3.8, 4) is 0 Å². The van der Waals surface area contributed by atoms with Crippen LogP contribution in [0.4, 0.5) is 5.69 Å². The molecule has 1 N–H and O–H groups in total. The van der Waals surface area contributed by atoms with E-state index < -0.39 is 29.4 Å². The molecular formula is C25H25N3O4. The van der Waals surface area contributed by atoms with Crippen LogP contribution in [0.3, 0.4) is 0 Å². The molecule has 0 radical (unpaired) electrons. The highest BCUT2D eigenvalue weighted by Crippen LogP contribution is 2.28. The average Bonchev–Trinajstić information content (AvgIpc) is 3.09. The summed E-state index contributed by atoms with van der Waals surface area (Å²) in [4.78, 5) is 45.0. The van der Waals surface area contributed by atoms with Crippen molar-refractivity contribution in [2.24, 2.45) is 5.92 Å². The van der Waals surface area contributed by atoms with Gasteiger partial charge < -0.3 is 15.0 Å². The van der Waals surface area contributed by atoms with Crippen LogP contribution in [0.5, 0.6) is 0 Å². The van der Waals surface area contributed by atoms with Gasteiger partial charge in [0.2, 0.25) is 0 Å². The van der Waals surface area contributed by atoms with Gasteiger partial charge in [-0.1, -0.05) is 36.4 Å². The second-order valence-electron chi connectivity index (χ2n) is 8.79. The third-order valence-electron chi connectivity index (χ3n) is 5.23. The van der Waals surface area contributed by atoms with E-state index in [0.717, 1.165) is 10.9 Å². The molecule has 0 saturated carbocycles. The molecule has 1 aliphatic rings. The largest absolute Gasteiger partial charge is 0.460 e. The molecule has 1 saturated heterocycles. The maximum Gasteiger partial charge on any atom is 0.313 e. The zero-order valence-electron chi connectivity index (χ0n) is 18.2. The number of nitrogens with zero attached hydrogens (tertiary/aromatic N) is 2. The fourth-order valence-electron chi connectivity index (χ4n) is 3.74. The lowest BCUT2D eigenvalue weighted by atomic mass is 10.0. The van der Waals surface area contributed by atoms with E-state index in [4.69, 9.17) is 4.74 Å². The molecule has 4 rings (SSSR count). The van der Waals surface area contributed by atoms with Gasteiger partial charge in [-0.2, -0.15) is 0 Å². The number of aromatic nitrogens is 1. The van der Waals surface area contributed by atoms with Gasteiger partial charge in [-0.15, -0.1) is 0 Å². The van der Waals surface area contributed by atoms with E-state index in [1.807, 2.05) is 42.5 Å². The molecule has 164 valence electrons. The Morgan fingerprint density at radius 1 is 1.06 bits per heavy atom. The standard InChI is InChI=1S/C25H25N3O4/c1-25(2,3)32-24(31)19-15-28(18-10-5-4-6-11-18)23(30)21(19)27-22(29)17-13-16-9-7-8-12-20(16)26-14-17/h4-14,19,21H,15H2,1-3H3,(H,27,29). The van der Waals surface area contributed by atoms with Gasteiger partial charge in [-0.05, 0) is 45.0 Å². The Morgan fingerprint density at radius 3 is 2.47 bits per heavy atom. The molecule has 1 aromatic heterocycles. The van der Waals surface area contributed by atoms with Crippen molar-refractivity contribution in [1.29, 1.82) is 0 Å². The fourth-order valence-corrected chi connectivity index (χ4v) is 3.74. The number of benzene rings is 2. The summed E-state index contributed by atoms with van der Waals surface area (Å²) in [6.07, 6.45) is 1.47. The summed E-state index contributed by atoms with van der Waals surface area (Å²) < 4.78 is 5.55. The first-order valence-electron chi connectivity index (χ1n) is 10.5. The summed E-state index contributed by atoms with van der Waals surface area (Å²) in [5, 5.41) is 3.57. The number of hydrogen-bond acceptors (Lipinski definition) is 5. The van der Waals surface area contributed by atoms with Gasteiger partial charge in [0.15, 0.2) is 0 Å². The number of carbonyl (C=O) groups excluding carboxylic acids is 3. The summed E-state index contributed by atoms with van der Waals surface area (Å²) in [5.74, 6) is -2.18. The maximum absolute atomic E-state index is 13.3. The molecule has 2 aromatic carbocycles. The number of carbonyl (C=O) groups is 3. The van der Waals surface area contributed by atoms with Crippen molar-refractivity contribution in [3.05, 3.63) is 72.4 Å². The zero-order chi connectivity index (χ0) is 22.9. The third kappa shape index (κ3) is 4.46. The Hall–Kier alpha value is -3.74. The molecular weight excluding hydrogens is 406 g/mol. The highest BCUT2D eigenvalue weighted by atomic mass is 16.6. The maximum atomic E-state index is 13.3. The number of pyridine rings is 1. The highest BCUT2D eigenvalue weighted by molar-refractivity contribution is 6.07. The van der Waals surface area contributed by atoms with E-state index >= 15 is 0 Å². The minimum atomic E-state index is -1.04. The predicted molar refractivity (Wildman–Crippen MR) is 121 cm³/mol. The summed E-state index contributed by atoms with van der Waals surface area (Å²) in [5.41, 5.74) is 1.03. The topological polar surface area (TPSA) is 88.6 Å². The van der Waals surface area contributed by atoms with E-state index in [2.05, 4.69) is 10.3 Å². The number of fused-ring (bicyclic) bond motifs is 1. The number of para-hydroxylation sites is 2. The van der Waals surface area contributed by atoms with E-state index in [0.29, 0.717) is 11.3 Å². The third-order valence-corrected chi connectivity index (χ3v) is 5.23. The summed E-state index contributed by atoms with van der Waals surface area (Å²) in [6.45, 7) is 5.43. The molecule has 1 aliphatic heterocycles. The number of amides is 2. The van der Waals surface area contributed by atoms with Gasteiger partial charge in [-0.25, -0.2) is 0 Å². The minimum Gasteiger partial charge on any atom is -0.460 e. The van der Waals surface area contributed by atoms with Gasteiger partial charge in [-0.3, -0.25) is 19.4 Å². The van der Waals surface area contributed by atoms with Crippen LogP contribution in [0.2, 0.25) is 0 Å². The van der Waals surface area contributed by atoms with Gasteiger partial charge in [0, 0.05) is 23.8 Å². The van der Waals surface area contributed by atoms with Crippen LogP contribution >= 0.6 is 0 Å². The summed E-state index contributed by atoms with van der Waals surface area (Å²) in [7, 11) is 0. The van der Waals surface area contributed by atoms with E-state index in [1.54, 1.807) is 39.0 Å². The number of nitrogens with one attached hydrogen (secondary N) is 1. The predicted octanol–water partition coefficient (Wildman–Crippen LogP) is 3.34. The van der Waals surface area contributed by atoms with Crippen molar-refractivity contribution < 1.29 is 19.1 Å². The molecule has 7 nitrogen and oxygen atoms in total. The van der Waals surface area contributed by atoms with Crippen molar-refractivity contribution in [1.82, 2.24) is 10.3 Å². The molecule has 32 heavy (non-hydrogen) atoms. The monoisotopic (exact) mass is 431 g/mol. The molecule has 2 atom stereocenters. The van der Waals surface area contributed by atoms with Crippen LogP contribution in [-0.4, -0.2) is 41.0 Å². The van der Waals surface area contributed by atoms with Gasteiger partial charge in [0.25, 0.3) is 11.8 Å². The van der Waals surface area contributed by atoms with E-state index in [-0.39, 0.29) is 12.5 Å². The normalized spacial score (nSPS) is 18.6. The fraction of sp³-hybridized carbons (Fsp3) is 0.280. The highest BCUT2D eigenvalue weighted by Gasteiger charge is 2.47. The van der Waals surface area contributed by atoms with Crippen LogP contribution in [-0.2, 0) is 14.3 Å². The van der Waals surface area contributed by atoms with Crippen LogP contribution in [0.15, 0.2) is 66.9 Å². The number of ether oxygens (including phenoxy) is 1. The SMILES string of the molecule is CC(C)(C)OC(=O)C1CN(c2ccccc2)C(=O)C1NC(=O)c1cnc2ccccc2c1. The lowest BCUT2D eigenvalue weighted by Gasteiger charge is -2.24. The zero-order valence-corrected chi connectivity index (χ0v) is 18.2. The van der Waals surface area contributed by atoms with Crippen molar-refractivity contribution >= 4 is 34.4 Å². The summed E-state index contributed by atoms with van der Waals surface area (Å²) in [6, 6.07) is 17.2. The van der Waals surface area contributed by atoms with Crippen LogP contribution in [0.1, 0.15) is 31.1 Å². The average molecular weight is 431 g/mol. The second kappa shape index (κ2) is 8.42. The first-order valence-corrected chi connectivity index (χ1v) is 10.5. The van der Waals surface area contributed by atoms with Crippen LogP contribution in [0, 0.1) is 5.92 Å². The molecule has 0 aliphatic carbocycles. The van der Waals surface area contributed by atoms with E-state index in [9.17, 15) is 14.4 Å². The lowest BCUT2D eigenvalue weighted by Crippen LogP contribution is -2.47. The molecule has 2 unspecified atom stereocenters. The first-order chi connectivity index (χ1) is 15.2. The van der Waals surface area contributed by atoms with Crippen molar-refractivity contribution in [3.63, 3.8) is 0 Å². The Kier molecular flexibility index (Phi) is 5.65. The molecule has 0 bridgehead atoms. The second-order valence-corrected chi connectivity index (χ2v) is 8.79. The molecule has 2 heterocycles. The van der Waals surface area contributed by atoms with Crippen molar-refractivity contribution in [2.45, 2.75) is 32.4 Å². The molecule has 3 aromatic rings. The molecule has 7 heteroatoms.